The largest absolute Gasteiger partial charge is 0.496 e. The molecule has 3 aliphatic rings. The van der Waals surface area contributed by atoms with Crippen LogP contribution < -0.4 is 9.64 Å². The van der Waals surface area contributed by atoms with E-state index in [1.807, 2.05) is 24.3 Å². The summed E-state index contributed by atoms with van der Waals surface area (Å²) < 4.78 is 5.56. The Hall–Kier alpha value is -2.37. The van der Waals surface area contributed by atoms with Crippen LogP contribution in [0.25, 0.3) is 0 Å². The number of carbonyl (C=O) groups is 1. The van der Waals surface area contributed by atoms with Crippen LogP contribution in [0.1, 0.15) is 49.1 Å². The molecule has 0 spiro atoms. The Morgan fingerprint density at radius 1 is 1.06 bits per heavy atom. The first kappa shape index (κ1) is 20.5. The maximum Gasteiger partial charge on any atom is 0.230 e. The van der Waals surface area contributed by atoms with E-state index in [0.717, 1.165) is 42.7 Å². The van der Waals surface area contributed by atoms with Crippen molar-refractivity contribution in [2.45, 2.75) is 56.7 Å². The second-order valence-electron chi connectivity index (χ2n) is 9.17. The number of aliphatic hydroxyl groups is 1. The average molecular weight is 421 g/mol. The Morgan fingerprint density at radius 3 is 2.58 bits per heavy atom. The third-order valence-corrected chi connectivity index (χ3v) is 7.59. The lowest BCUT2D eigenvalue weighted by Crippen LogP contribution is -2.69. The van der Waals surface area contributed by atoms with Crippen molar-refractivity contribution in [3.63, 3.8) is 0 Å². The number of benzene rings is 2. The van der Waals surface area contributed by atoms with Crippen molar-refractivity contribution >= 4 is 11.6 Å². The molecule has 2 aliphatic heterocycles. The molecular weight excluding hydrogens is 388 g/mol. The minimum atomic E-state index is 0.0583. The number of methoxy groups -OCH3 is 1. The topological polar surface area (TPSA) is 53.0 Å². The van der Waals surface area contributed by atoms with E-state index in [2.05, 4.69) is 34.1 Å². The maximum atomic E-state index is 13.5. The Balaban J connectivity index is 1.45. The van der Waals surface area contributed by atoms with E-state index in [4.69, 9.17) is 4.74 Å². The predicted molar refractivity (Wildman–Crippen MR) is 121 cm³/mol. The summed E-state index contributed by atoms with van der Waals surface area (Å²) in [6.45, 7) is 1.52. The molecule has 1 saturated carbocycles. The number of fused-ring (bicyclic) bond motifs is 3. The van der Waals surface area contributed by atoms with Gasteiger partial charge in [0, 0.05) is 48.3 Å². The molecule has 5 nitrogen and oxygen atoms in total. The van der Waals surface area contributed by atoms with Gasteiger partial charge in [0.05, 0.1) is 13.7 Å². The molecule has 2 aromatic rings. The van der Waals surface area contributed by atoms with Crippen LogP contribution >= 0.6 is 0 Å². The summed E-state index contributed by atoms with van der Waals surface area (Å²) in [5, 5.41) is 10.3. The first-order chi connectivity index (χ1) is 15.2. The number of likely N-dealkylation sites (tertiary alicyclic amines) is 1. The van der Waals surface area contributed by atoms with Crippen LogP contribution in [0.5, 0.6) is 5.75 Å². The molecule has 0 bridgehead atoms. The van der Waals surface area contributed by atoms with Crippen molar-refractivity contribution in [2.75, 3.05) is 25.2 Å². The van der Waals surface area contributed by atoms with Gasteiger partial charge in [-0.1, -0.05) is 55.7 Å². The quantitative estimate of drug-likeness (QED) is 0.796. The molecular formula is C26H32N2O3. The summed E-state index contributed by atoms with van der Waals surface area (Å²) in [6.07, 6.45) is 5.58. The monoisotopic (exact) mass is 420 g/mol. The summed E-state index contributed by atoms with van der Waals surface area (Å²) in [4.78, 5) is 18.0. The molecule has 5 heteroatoms. The van der Waals surface area contributed by atoms with Crippen LogP contribution in [0.3, 0.4) is 0 Å². The predicted octanol–water partition coefficient (Wildman–Crippen LogP) is 3.95. The number of para-hydroxylation sites is 2. The molecule has 5 rings (SSSR count). The molecule has 0 aromatic heterocycles. The summed E-state index contributed by atoms with van der Waals surface area (Å²) in [6, 6.07) is 16.7. The lowest BCUT2D eigenvalue weighted by Gasteiger charge is -2.59. The van der Waals surface area contributed by atoms with Crippen molar-refractivity contribution in [1.82, 2.24) is 4.90 Å². The molecule has 1 N–H and O–H groups in total. The van der Waals surface area contributed by atoms with Crippen molar-refractivity contribution in [1.29, 1.82) is 0 Å². The smallest absolute Gasteiger partial charge is 0.230 e. The molecule has 2 heterocycles. The van der Waals surface area contributed by atoms with Gasteiger partial charge in [0.15, 0.2) is 0 Å². The van der Waals surface area contributed by atoms with Gasteiger partial charge in [-0.2, -0.15) is 0 Å². The number of ether oxygens (including phenoxy) is 1. The highest BCUT2D eigenvalue weighted by molar-refractivity contribution is 5.96. The van der Waals surface area contributed by atoms with E-state index in [1.54, 1.807) is 7.11 Å². The highest BCUT2D eigenvalue weighted by Crippen LogP contribution is 2.49. The number of carbonyl (C=O) groups excluding carboxylic acids is 1. The van der Waals surface area contributed by atoms with Crippen LogP contribution in [-0.2, 0) is 11.3 Å². The molecule has 1 saturated heterocycles. The number of anilines is 1. The minimum absolute atomic E-state index is 0.0583. The van der Waals surface area contributed by atoms with Gasteiger partial charge in [0.1, 0.15) is 5.75 Å². The van der Waals surface area contributed by atoms with Gasteiger partial charge in [0.25, 0.3) is 0 Å². The van der Waals surface area contributed by atoms with E-state index in [9.17, 15) is 9.90 Å². The highest BCUT2D eigenvalue weighted by atomic mass is 16.5. The molecule has 0 unspecified atom stereocenters. The number of amides is 1. The standard InChI is InChI=1S/C26H32N2O3/c1-31-24-14-8-5-11-19(24)15-27-22-16-28(26(30)18-9-3-2-4-10-18)21-13-7-6-12-20(21)25(22)23(27)17-29/h5-8,11-14,18,22-23,25,29H,2-4,9-10,15-17H2,1H3/t22-,23-,25+/m0/s1. The van der Waals surface area contributed by atoms with Gasteiger partial charge in [-0.05, 0) is 30.5 Å². The van der Waals surface area contributed by atoms with Crippen LogP contribution in [0.15, 0.2) is 48.5 Å². The lowest BCUT2D eigenvalue weighted by atomic mass is 9.71. The number of aliphatic hydroxyl groups excluding tert-OH is 1. The van der Waals surface area contributed by atoms with Gasteiger partial charge in [-0.3, -0.25) is 9.69 Å². The van der Waals surface area contributed by atoms with Crippen LogP contribution in [0.2, 0.25) is 0 Å². The number of hydrogen-bond acceptors (Lipinski definition) is 4. The Kier molecular flexibility index (Phi) is 5.72. The summed E-state index contributed by atoms with van der Waals surface area (Å²) >= 11 is 0. The van der Waals surface area contributed by atoms with Crippen LogP contribution in [0.4, 0.5) is 5.69 Å². The van der Waals surface area contributed by atoms with E-state index in [0.29, 0.717) is 13.1 Å². The second-order valence-corrected chi connectivity index (χ2v) is 9.17. The van der Waals surface area contributed by atoms with Crippen molar-refractivity contribution in [3.8, 4) is 5.75 Å². The number of rotatable bonds is 5. The van der Waals surface area contributed by atoms with Crippen LogP contribution in [-0.4, -0.2) is 48.3 Å². The Bertz CT molecular complexity index is 940. The van der Waals surface area contributed by atoms with Gasteiger partial charge >= 0.3 is 0 Å². The molecule has 31 heavy (non-hydrogen) atoms. The van der Waals surface area contributed by atoms with Crippen LogP contribution in [0, 0.1) is 5.92 Å². The van der Waals surface area contributed by atoms with E-state index in [-0.39, 0.29) is 36.4 Å². The first-order valence-corrected chi connectivity index (χ1v) is 11.6. The minimum Gasteiger partial charge on any atom is -0.496 e. The maximum absolute atomic E-state index is 13.5. The normalized spacial score (nSPS) is 26.0. The fraction of sp³-hybridized carbons (Fsp3) is 0.500. The van der Waals surface area contributed by atoms with Crippen molar-refractivity contribution in [2.24, 2.45) is 5.92 Å². The number of hydrogen-bond donors (Lipinski definition) is 1. The Labute approximate surface area is 184 Å². The van der Waals surface area contributed by atoms with E-state index < -0.39 is 0 Å². The fourth-order valence-electron chi connectivity index (χ4n) is 6.01. The Morgan fingerprint density at radius 2 is 1.81 bits per heavy atom. The van der Waals surface area contributed by atoms with Crippen molar-refractivity contribution < 1.29 is 14.6 Å². The zero-order valence-corrected chi connectivity index (χ0v) is 18.2. The highest BCUT2D eigenvalue weighted by Gasteiger charge is 2.53. The SMILES string of the molecule is COc1ccccc1CN1[C@@H](CO)[C@@H]2c3ccccc3N(C(=O)C3CCCCC3)C[C@@H]21. The average Bonchev–Trinajstić information content (AvgIpc) is 2.83. The third kappa shape index (κ3) is 3.54. The summed E-state index contributed by atoms with van der Waals surface area (Å²) in [5.41, 5.74) is 3.37. The van der Waals surface area contributed by atoms with E-state index >= 15 is 0 Å². The molecule has 1 amide bonds. The van der Waals surface area contributed by atoms with Gasteiger partial charge in [0.2, 0.25) is 5.91 Å². The van der Waals surface area contributed by atoms with E-state index in [1.165, 1.54) is 12.0 Å². The number of nitrogens with zero attached hydrogens (tertiary/aromatic N) is 2. The first-order valence-electron chi connectivity index (χ1n) is 11.6. The fourth-order valence-corrected chi connectivity index (χ4v) is 6.01. The lowest BCUT2D eigenvalue weighted by molar-refractivity contribution is -0.124. The van der Waals surface area contributed by atoms with Gasteiger partial charge in [-0.25, -0.2) is 0 Å². The third-order valence-electron chi connectivity index (χ3n) is 7.59. The zero-order valence-electron chi connectivity index (χ0n) is 18.2. The molecule has 1 aliphatic carbocycles. The second kappa shape index (κ2) is 8.64. The summed E-state index contributed by atoms with van der Waals surface area (Å²) in [5.74, 6) is 1.56. The molecule has 2 aromatic carbocycles. The molecule has 3 atom stereocenters. The molecule has 164 valence electrons. The van der Waals surface area contributed by atoms with Crippen molar-refractivity contribution in [3.05, 3.63) is 59.7 Å². The molecule has 0 radical (unpaired) electrons. The zero-order chi connectivity index (χ0) is 21.4. The van der Waals surface area contributed by atoms with Gasteiger partial charge < -0.3 is 14.7 Å². The summed E-state index contributed by atoms with van der Waals surface area (Å²) in [7, 11) is 1.70. The van der Waals surface area contributed by atoms with Gasteiger partial charge in [-0.15, -0.1) is 0 Å². The molecule has 2 fully saturated rings.